The van der Waals surface area contributed by atoms with Crippen LogP contribution in [0.2, 0.25) is 0 Å². The highest BCUT2D eigenvalue weighted by Crippen LogP contribution is 2.54. The molecule has 1 saturated carbocycles. The second-order valence-corrected chi connectivity index (χ2v) is 6.35. The molecule has 1 heteroatoms. The van der Waals surface area contributed by atoms with Gasteiger partial charge in [0.2, 0.25) is 0 Å². The number of ether oxygens (including phenoxy) is 1. The molecule has 2 fully saturated rings. The van der Waals surface area contributed by atoms with Gasteiger partial charge in [-0.3, -0.25) is 0 Å². The Hall–Kier alpha value is -0.300. The molecular formula is C15H24O. The summed E-state index contributed by atoms with van der Waals surface area (Å²) in [6.45, 7) is 8.16. The summed E-state index contributed by atoms with van der Waals surface area (Å²) < 4.78 is 6.36. The smallest absolute Gasteiger partial charge is 0.0750 e. The Kier molecular flexibility index (Phi) is 2.43. The van der Waals surface area contributed by atoms with Crippen molar-refractivity contribution in [3.8, 4) is 0 Å². The Morgan fingerprint density at radius 3 is 2.62 bits per heavy atom. The molecule has 1 nitrogen and oxygen atoms in total. The van der Waals surface area contributed by atoms with Crippen LogP contribution >= 0.6 is 0 Å². The Labute approximate surface area is 99.3 Å². The zero-order valence-electron chi connectivity index (χ0n) is 10.8. The Morgan fingerprint density at radius 1 is 1.25 bits per heavy atom. The molecule has 4 atom stereocenters. The Balaban J connectivity index is 1.99. The Bertz CT molecular complexity index is 311. The fraction of sp³-hybridized carbons (Fsp3) is 0.867. The largest absolute Gasteiger partial charge is 0.374 e. The van der Waals surface area contributed by atoms with Crippen LogP contribution in [0.15, 0.2) is 11.6 Å². The quantitative estimate of drug-likeness (QED) is 0.564. The molecule has 90 valence electrons. The molecule has 0 N–H and O–H groups in total. The maximum absolute atomic E-state index is 6.36. The molecule has 0 aromatic rings. The molecule has 16 heavy (non-hydrogen) atoms. The van der Waals surface area contributed by atoms with E-state index in [1.165, 1.54) is 25.7 Å². The molecule has 1 heterocycles. The molecule has 0 radical (unpaired) electrons. The fourth-order valence-electron chi connectivity index (χ4n) is 4.76. The topological polar surface area (TPSA) is 9.23 Å². The van der Waals surface area contributed by atoms with E-state index in [1.807, 2.05) is 0 Å². The van der Waals surface area contributed by atoms with Crippen LogP contribution in [0.25, 0.3) is 0 Å². The van der Waals surface area contributed by atoms with Crippen molar-refractivity contribution >= 4 is 0 Å². The molecule has 3 rings (SSSR count). The molecule has 1 aliphatic heterocycles. The van der Waals surface area contributed by atoms with Gasteiger partial charge in [-0.1, -0.05) is 38.3 Å². The lowest BCUT2D eigenvalue weighted by Gasteiger charge is -2.53. The molecule has 0 aromatic carbocycles. The number of hydrogen-bond acceptors (Lipinski definition) is 1. The normalized spacial score (nSPS) is 45.8. The number of fused-ring (bicyclic) bond motifs is 3. The van der Waals surface area contributed by atoms with E-state index in [2.05, 4.69) is 26.8 Å². The third-order valence-corrected chi connectivity index (χ3v) is 5.47. The van der Waals surface area contributed by atoms with Crippen LogP contribution in [0.5, 0.6) is 0 Å². The summed E-state index contributed by atoms with van der Waals surface area (Å²) in [5, 5.41) is 0. The highest BCUT2D eigenvalue weighted by Gasteiger charge is 2.52. The van der Waals surface area contributed by atoms with Crippen LogP contribution in [0.1, 0.15) is 46.5 Å². The highest BCUT2D eigenvalue weighted by atomic mass is 16.5. The lowest BCUT2D eigenvalue weighted by Crippen LogP contribution is -2.53. The van der Waals surface area contributed by atoms with E-state index >= 15 is 0 Å². The van der Waals surface area contributed by atoms with Gasteiger partial charge in [0, 0.05) is 5.92 Å². The monoisotopic (exact) mass is 220 g/mol. The second kappa shape index (κ2) is 3.60. The molecule has 1 saturated heterocycles. The minimum atomic E-state index is 0.233. The first-order valence-electron chi connectivity index (χ1n) is 6.96. The van der Waals surface area contributed by atoms with E-state index in [0.29, 0.717) is 11.8 Å². The summed E-state index contributed by atoms with van der Waals surface area (Å²) in [4.78, 5) is 0. The first kappa shape index (κ1) is 10.8. The summed E-state index contributed by atoms with van der Waals surface area (Å²) in [6, 6.07) is 0. The van der Waals surface area contributed by atoms with Crippen molar-refractivity contribution in [1.29, 1.82) is 0 Å². The number of hydrogen-bond donors (Lipinski definition) is 0. The zero-order valence-corrected chi connectivity index (χ0v) is 10.8. The summed E-state index contributed by atoms with van der Waals surface area (Å²) >= 11 is 0. The minimum Gasteiger partial charge on any atom is -0.374 e. The van der Waals surface area contributed by atoms with E-state index in [-0.39, 0.29) is 5.60 Å². The van der Waals surface area contributed by atoms with Crippen LogP contribution in [-0.2, 0) is 4.74 Å². The van der Waals surface area contributed by atoms with Crippen molar-refractivity contribution in [3.63, 3.8) is 0 Å². The molecule has 0 amide bonds. The molecule has 3 aliphatic rings. The fourth-order valence-corrected chi connectivity index (χ4v) is 4.76. The molecule has 2 aliphatic carbocycles. The van der Waals surface area contributed by atoms with E-state index in [0.717, 1.165) is 18.4 Å². The molecule has 1 spiro atoms. The summed E-state index contributed by atoms with van der Waals surface area (Å²) in [6.07, 6.45) is 7.87. The standard InChI is InChI=1S/C15H24O/c1-10-8-11(2)14-12(3)13(10)9-16-15(14)6-4-5-7-15/h8,10,12-14H,4-7,9H2,1-3H3/t10-,12+,13-,14+/m1/s1. The zero-order chi connectivity index (χ0) is 11.3. The van der Waals surface area contributed by atoms with E-state index in [1.54, 1.807) is 5.57 Å². The third kappa shape index (κ3) is 1.33. The second-order valence-electron chi connectivity index (χ2n) is 6.35. The van der Waals surface area contributed by atoms with E-state index in [9.17, 15) is 0 Å². The van der Waals surface area contributed by atoms with Gasteiger partial charge < -0.3 is 4.74 Å². The lowest BCUT2D eigenvalue weighted by molar-refractivity contribution is -0.160. The predicted molar refractivity (Wildman–Crippen MR) is 66.2 cm³/mol. The minimum absolute atomic E-state index is 0.233. The molecule has 2 bridgehead atoms. The maximum Gasteiger partial charge on any atom is 0.0750 e. The average Bonchev–Trinajstić information content (AvgIpc) is 2.65. The van der Waals surface area contributed by atoms with Crippen LogP contribution in [-0.4, -0.2) is 12.2 Å². The lowest BCUT2D eigenvalue weighted by atomic mass is 9.61. The number of allylic oxidation sites excluding steroid dienone is 1. The molecule has 0 unspecified atom stereocenters. The van der Waals surface area contributed by atoms with Gasteiger partial charge in [0.1, 0.15) is 0 Å². The highest BCUT2D eigenvalue weighted by molar-refractivity contribution is 5.21. The third-order valence-electron chi connectivity index (χ3n) is 5.47. The van der Waals surface area contributed by atoms with Crippen molar-refractivity contribution in [2.24, 2.45) is 23.7 Å². The van der Waals surface area contributed by atoms with Gasteiger partial charge in [0.05, 0.1) is 12.2 Å². The van der Waals surface area contributed by atoms with Crippen molar-refractivity contribution in [2.45, 2.75) is 52.1 Å². The van der Waals surface area contributed by atoms with Crippen molar-refractivity contribution in [1.82, 2.24) is 0 Å². The van der Waals surface area contributed by atoms with Crippen molar-refractivity contribution < 1.29 is 4.74 Å². The molecule has 0 aromatic heterocycles. The predicted octanol–water partition coefficient (Wildman–Crippen LogP) is 3.79. The summed E-state index contributed by atoms with van der Waals surface area (Å²) in [5.41, 5.74) is 1.84. The van der Waals surface area contributed by atoms with E-state index in [4.69, 9.17) is 4.74 Å². The number of rotatable bonds is 0. The first-order chi connectivity index (χ1) is 7.64. The molecular weight excluding hydrogens is 196 g/mol. The van der Waals surface area contributed by atoms with Crippen LogP contribution in [0.4, 0.5) is 0 Å². The van der Waals surface area contributed by atoms with Gasteiger partial charge in [0.15, 0.2) is 0 Å². The first-order valence-corrected chi connectivity index (χ1v) is 6.96. The van der Waals surface area contributed by atoms with Crippen molar-refractivity contribution in [3.05, 3.63) is 11.6 Å². The van der Waals surface area contributed by atoms with Crippen molar-refractivity contribution in [2.75, 3.05) is 6.61 Å². The van der Waals surface area contributed by atoms with Crippen LogP contribution in [0, 0.1) is 23.7 Å². The summed E-state index contributed by atoms with van der Waals surface area (Å²) in [7, 11) is 0. The van der Waals surface area contributed by atoms with Gasteiger partial charge >= 0.3 is 0 Å². The van der Waals surface area contributed by atoms with Gasteiger partial charge in [0.25, 0.3) is 0 Å². The van der Waals surface area contributed by atoms with E-state index < -0.39 is 0 Å². The Morgan fingerprint density at radius 2 is 1.94 bits per heavy atom. The van der Waals surface area contributed by atoms with Gasteiger partial charge in [-0.15, -0.1) is 0 Å². The van der Waals surface area contributed by atoms with Gasteiger partial charge in [-0.05, 0) is 37.5 Å². The van der Waals surface area contributed by atoms with Gasteiger partial charge in [-0.2, -0.15) is 0 Å². The SMILES string of the molecule is CC1=C[C@@H](C)[C@H]2COC3(CCCC3)[C@@H]1[C@H]2C. The summed E-state index contributed by atoms with van der Waals surface area (Å²) in [5.74, 6) is 3.02. The van der Waals surface area contributed by atoms with Gasteiger partial charge in [-0.25, -0.2) is 0 Å². The van der Waals surface area contributed by atoms with Crippen LogP contribution < -0.4 is 0 Å². The average molecular weight is 220 g/mol. The maximum atomic E-state index is 6.36. The van der Waals surface area contributed by atoms with Crippen LogP contribution in [0.3, 0.4) is 0 Å².